The first kappa shape index (κ1) is 23.4. The number of rotatable bonds is 5. The molecule has 0 amide bonds. The molecule has 0 heterocycles. The Kier molecular flexibility index (Phi) is 7.90. The van der Waals surface area contributed by atoms with Gasteiger partial charge in [0, 0.05) is 5.56 Å². The monoisotopic (exact) mass is 398 g/mol. The van der Waals surface area contributed by atoms with Crippen LogP contribution in [0, 0.1) is 13.8 Å². The van der Waals surface area contributed by atoms with Crippen molar-refractivity contribution in [3.63, 3.8) is 0 Å². The van der Waals surface area contributed by atoms with Crippen LogP contribution < -0.4 is 10.0 Å². The summed E-state index contributed by atoms with van der Waals surface area (Å²) in [6, 6.07) is 21.8. The number of para-hydroxylation sites is 1. The summed E-state index contributed by atoms with van der Waals surface area (Å²) in [6.07, 6.45) is 0. The van der Waals surface area contributed by atoms with E-state index < -0.39 is 0 Å². The van der Waals surface area contributed by atoms with E-state index in [1.54, 1.807) is 0 Å². The summed E-state index contributed by atoms with van der Waals surface area (Å²) in [6.45, 7) is 10.6. The summed E-state index contributed by atoms with van der Waals surface area (Å²) >= 11 is 0. The molecule has 0 aliphatic carbocycles. The van der Waals surface area contributed by atoms with Gasteiger partial charge in [-0.05, 0) is 74.1 Å². The second kappa shape index (κ2) is 9.77. The van der Waals surface area contributed by atoms with E-state index in [2.05, 4.69) is 32.9 Å². The van der Waals surface area contributed by atoms with Crippen LogP contribution in [0.25, 0.3) is 0 Å². The second-order valence-electron chi connectivity index (χ2n) is 8.13. The molecule has 0 bridgehead atoms. The molecule has 0 aliphatic rings. The van der Waals surface area contributed by atoms with E-state index in [9.17, 15) is 4.79 Å². The van der Waals surface area contributed by atoms with Crippen molar-refractivity contribution in [3.8, 4) is 11.5 Å². The molecule has 0 fully saturated rings. The summed E-state index contributed by atoms with van der Waals surface area (Å²) in [7, 11) is 0.107. The van der Waals surface area contributed by atoms with Gasteiger partial charge in [0.1, 0.15) is 11.5 Å². The molecule has 0 saturated carbocycles. The maximum atomic E-state index is 12.8. The summed E-state index contributed by atoms with van der Waals surface area (Å²) in [5, 5.41) is 1.10. The Hall–Kier alpha value is -1.84. The number of carbonyl (C=O) groups is 1. The summed E-state index contributed by atoms with van der Waals surface area (Å²) < 4.78 is 5.95. The predicted molar refractivity (Wildman–Crippen MR) is 127 cm³/mol. The Morgan fingerprint density at radius 2 is 1.38 bits per heavy atom. The summed E-state index contributed by atoms with van der Waals surface area (Å²) in [5.41, 5.74) is 4.44. The average molecular weight is 398 g/mol. The molecule has 0 spiro atoms. The molecular formula is C25H28LiO2P. The molecule has 0 saturated heterocycles. The average Bonchev–Trinajstić information content (AvgIpc) is 2.65. The van der Waals surface area contributed by atoms with Gasteiger partial charge in [-0.1, -0.05) is 63.2 Å². The van der Waals surface area contributed by atoms with Gasteiger partial charge in [0.2, 0.25) is 0 Å². The number of ether oxygens (including phenoxy) is 1. The number of hydrogen-bond acceptors (Lipinski definition) is 2. The van der Waals surface area contributed by atoms with Gasteiger partial charge < -0.3 is 4.74 Å². The van der Waals surface area contributed by atoms with Gasteiger partial charge in [0.05, 0.1) is 0 Å². The SMILES string of the molecule is Cc1cc(Oc2ccccc2)cc(C)c1PC(=O)c1ccc(C(C)(C)C)cc1.[LiH]. The van der Waals surface area contributed by atoms with Crippen LogP contribution in [-0.4, -0.2) is 24.4 Å². The zero-order chi connectivity index (χ0) is 20.3. The molecule has 0 aliphatic heterocycles. The fourth-order valence-corrected chi connectivity index (χ4v) is 4.19. The van der Waals surface area contributed by atoms with Crippen molar-refractivity contribution in [1.29, 1.82) is 0 Å². The maximum absolute atomic E-state index is 12.8. The van der Waals surface area contributed by atoms with Crippen LogP contribution in [0.3, 0.4) is 0 Å². The molecule has 0 N–H and O–H groups in total. The van der Waals surface area contributed by atoms with Crippen molar-refractivity contribution in [3.05, 3.63) is 89.0 Å². The topological polar surface area (TPSA) is 26.3 Å². The van der Waals surface area contributed by atoms with Crippen LogP contribution >= 0.6 is 8.58 Å². The molecular weight excluding hydrogens is 370 g/mol. The van der Waals surface area contributed by atoms with Gasteiger partial charge in [0.25, 0.3) is 0 Å². The third-order valence-electron chi connectivity index (χ3n) is 4.74. The molecule has 4 heteroatoms. The van der Waals surface area contributed by atoms with Crippen LogP contribution in [0.5, 0.6) is 11.5 Å². The number of hydrogen-bond donors (Lipinski definition) is 0. The van der Waals surface area contributed by atoms with E-state index in [1.165, 1.54) is 5.56 Å². The Labute approximate surface area is 188 Å². The van der Waals surface area contributed by atoms with Crippen LogP contribution in [0.1, 0.15) is 47.8 Å². The normalized spacial score (nSPS) is 11.3. The third kappa shape index (κ3) is 6.07. The first-order valence-corrected chi connectivity index (χ1v) is 10.5. The van der Waals surface area contributed by atoms with E-state index >= 15 is 0 Å². The Morgan fingerprint density at radius 3 is 1.90 bits per heavy atom. The van der Waals surface area contributed by atoms with E-state index in [1.807, 2.05) is 68.4 Å². The van der Waals surface area contributed by atoms with E-state index in [0.29, 0.717) is 0 Å². The first-order chi connectivity index (χ1) is 13.2. The molecule has 3 aromatic rings. The van der Waals surface area contributed by atoms with Gasteiger partial charge in [0.15, 0.2) is 5.52 Å². The van der Waals surface area contributed by atoms with Gasteiger partial charge in [-0.3, -0.25) is 4.79 Å². The van der Waals surface area contributed by atoms with Gasteiger partial charge >= 0.3 is 18.9 Å². The molecule has 3 aromatic carbocycles. The minimum atomic E-state index is 0. The molecule has 0 radical (unpaired) electrons. The van der Waals surface area contributed by atoms with E-state index in [0.717, 1.165) is 33.5 Å². The fourth-order valence-electron chi connectivity index (χ4n) is 3.11. The number of benzene rings is 3. The Bertz CT molecular complexity index is 951. The summed E-state index contributed by atoms with van der Waals surface area (Å²) in [4.78, 5) is 12.8. The molecule has 1 atom stereocenters. The standard InChI is InChI=1S/C25H27O2P.Li.H/c1-17-15-22(27-21-9-7-6-8-10-21)16-18(2)23(17)28-24(26)19-11-13-20(14-12-19)25(3,4)5;;/h6-16,28H,1-5H3;;. The summed E-state index contributed by atoms with van der Waals surface area (Å²) in [5.74, 6) is 1.61. The Balaban J connectivity index is 0.00000300. The minimum absolute atomic E-state index is 0. The van der Waals surface area contributed by atoms with Crippen molar-refractivity contribution >= 4 is 38.3 Å². The predicted octanol–water partition coefficient (Wildman–Crippen LogP) is 5.89. The molecule has 3 rings (SSSR count). The fraction of sp³-hybridized carbons (Fsp3) is 0.240. The van der Waals surface area contributed by atoms with Gasteiger partial charge in [-0.2, -0.15) is 0 Å². The van der Waals surface area contributed by atoms with Gasteiger partial charge in [-0.15, -0.1) is 0 Å². The number of carbonyl (C=O) groups excluding carboxylic acids is 1. The van der Waals surface area contributed by atoms with E-state index in [-0.39, 0.29) is 38.4 Å². The van der Waals surface area contributed by atoms with Crippen LogP contribution in [-0.2, 0) is 5.41 Å². The quantitative estimate of drug-likeness (QED) is 0.396. The zero-order valence-corrected chi connectivity index (χ0v) is 18.2. The van der Waals surface area contributed by atoms with Crippen molar-refractivity contribution in [2.24, 2.45) is 0 Å². The molecule has 146 valence electrons. The van der Waals surface area contributed by atoms with Crippen molar-refractivity contribution in [1.82, 2.24) is 0 Å². The zero-order valence-electron chi connectivity index (χ0n) is 17.2. The van der Waals surface area contributed by atoms with E-state index in [4.69, 9.17) is 4.74 Å². The molecule has 1 unspecified atom stereocenters. The van der Waals surface area contributed by atoms with Gasteiger partial charge in [-0.25, -0.2) is 0 Å². The number of aryl methyl sites for hydroxylation is 2. The van der Waals surface area contributed by atoms with Crippen molar-refractivity contribution in [2.75, 3.05) is 0 Å². The van der Waals surface area contributed by atoms with Crippen LogP contribution in [0.15, 0.2) is 66.7 Å². The van der Waals surface area contributed by atoms with Crippen LogP contribution in [0.4, 0.5) is 0 Å². The molecule has 29 heavy (non-hydrogen) atoms. The molecule has 2 nitrogen and oxygen atoms in total. The second-order valence-corrected chi connectivity index (χ2v) is 9.33. The Morgan fingerprint density at radius 1 is 0.828 bits per heavy atom. The van der Waals surface area contributed by atoms with Crippen molar-refractivity contribution in [2.45, 2.75) is 40.0 Å². The van der Waals surface area contributed by atoms with Crippen molar-refractivity contribution < 1.29 is 9.53 Å². The van der Waals surface area contributed by atoms with Crippen LogP contribution in [0.2, 0.25) is 0 Å². The first-order valence-electron chi connectivity index (χ1n) is 9.50. The molecule has 0 aromatic heterocycles. The third-order valence-corrected chi connectivity index (χ3v) is 6.29.